The average Bonchev–Trinajstić information content (AvgIpc) is 3.20. The summed E-state index contributed by atoms with van der Waals surface area (Å²) in [5.74, 6) is 2.43. The number of nitrogens with zero attached hydrogens (tertiary/aromatic N) is 2. The van der Waals surface area contributed by atoms with Gasteiger partial charge < -0.3 is 14.9 Å². The Morgan fingerprint density at radius 2 is 2.26 bits per heavy atom. The molecule has 1 saturated heterocycles. The highest BCUT2D eigenvalue weighted by molar-refractivity contribution is 5.88. The zero-order valence-electron chi connectivity index (χ0n) is 13.4. The van der Waals surface area contributed by atoms with Gasteiger partial charge in [0.05, 0.1) is 0 Å². The molecular weight excluding hydrogens is 284 g/mol. The van der Waals surface area contributed by atoms with Crippen molar-refractivity contribution in [2.75, 3.05) is 13.6 Å². The first-order chi connectivity index (χ1) is 11.3. The van der Waals surface area contributed by atoms with Gasteiger partial charge in [0.15, 0.2) is 0 Å². The Kier molecular flexibility index (Phi) is 2.89. The van der Waals surface area contributed by atoms with Crippen molar-refractivity contribution in [1.82, 2.24) is 19.9 Å². The molecule has 0 radical (unpaired) electrons. The first-order valence-corrected chi connectivity index (χ1v) is 8.57. The van der Waals surface area contributed by atoms with Gasteiger partial charge in [0.1, 0.15) is 5.82 Å². The van der Waals surface area contributed by atoms with Gasteiger partial charge in [-0.05, 0) is 43.0 Å². The predicted octanol–water partition coefficient (Wildman–Crippen LogP) is 3.09. The minimum atomic E-state index is 0.636. The van der Waals surface area contributed by atoms with Gasteiger partial charge in [-0.25, -0.2) is 4.98 Å². The van der Waals surface area contributed by atoms with E-state index in [1.54, 1.807) is 5.56 Å². The van der Waals surface area contributed by atoms with Gasteiger partial charge in [0.25, 0.3) is 0 Å². The van der Waals surface area contributed by atoms with Crippen LogP contribution in [0.1, 0.15) is 29.3 Å². The maximum atomic E-state index is 4.43. The summed E-state index contributed by atoms with van der Waals surface area (Å²) in [6, 6.07) is 7.39. The molecule has 2 aliphatic rings. The highest BCUT2D eigenvalue weighted by Gasteiger charge is 2.39. The van der Waals surface area contributed by atoms with E-state index < -0.39 is 0 Å². The molecule has 3 heterocycles. The van der Waals surface area contributed by atoms with Gasteiger partial charge in [-0.1, -0.05) is 12.1 Å². The smallest absolute Gasteiger partial charge is 0.106 e. The number of aromatic nitrogens is 3. The molecule has 2 N–H and O–H groups in total. The molecule has 3 atom stereocenters. The molecule has 118 valence electrons. The van der Waals surface area contributed by atoms with E-state index >= 15 is 0 Å². The molecule has 0 amide bonds. The molecule has 0 saturated carbocycles. The van der Waals surface area contributed by atoms with Gasteiger partial charge >= 0.3 is 0 Å². The van der Waals surface area contributed by atoms with Crippen LogP contribution < -0.4 is 0 Å². The number of aromatic amines is 2. The van der Waals surface area contributed by atoms with E-state index in [1.807, 2.05) is 12.4 Å². The molecule has 2 aromatic heterocycles. The lowest BCUT2D eigenvalue weighted by Crippen LogP contribution is -2.48. The summed E-state index contributed by atoms with van der Waals surface area (Å²) in [4.78, 5) is 13.7. The molecule has 4 nitrogen and oxygen atoms in total. The zero-order chi connectivity index (χ0) is 15.4. The Morgan fingerprint density at radius 3 is 3.13 bits per heavy atom. The van der Waals surface area contributed by atoms with Crippen LogP contribution in [-0.4, -0.2) is 39.5 Å². The molecule has 1 aromatic carbocycles. The van der Waals surface area contributed by atoms with Gasteiger partial charge in [-0.2, -0.15) is 0 Å². The molecule has 1 aliphatic heterocycles. The van der Waals surface area contributed by atoms with Crippen LogP contribution in [0.25, 0.3) is 10.9 Å². The van der Waals surface area contributed by atoms with Crippen molar-refractivity contribution in [2.24, 2.45) is 5.92 Å². The molecular formula is C19H22N4. The first kappa shape index (κ1) is 13.4. The third kappa shape index (κ3) is 2.05. The summed E-state index contributed by atoms with van der Waals surface area (Å²) in [7, 11) is 2.30. The lowest BCUT2D eigenvalue weighted by Gasteiger charge is -2.45. The van der Waals surface area contributed by atoms with E-state index in [4.69, 9.17) is 0 Å². The second-order valence-corrected chi connectivity index (χ2v) is 7.24. The van der Waals surface area contributed by atoms with E-state index in [9.17, 15) is 0 Å². The summed E-state index contributed by atoms with van der Waals surface area (Å²) < 4.78 is 0. The molecule has 3 aromatic rings. The van der Waals surface area contributed by atoms with Crippen molar-refractivity contribution in [2.45, 2.75) is 31.2 Å². The number of hydrogen-bond donors (Lipinski definition) is 2. The average molecular weight is 306 g/mol. The highest BCUT2D eigenvalue weighted by Crippen LogP contribution is 2.44. The number of benzene rings is 1. The standard InChI is InChI=1S/C19H22N4/c1-23-11-12(8-18-20-5-6-21-18)7-15-14-3-2-4-16-19(14)13(10-22-16)9-17(15)23/h2-6,10,12,15,17,22H,7-9,11H2,1H3,(H,20,21)/t12-,15+,17+/m0/s1. The third-order valence-electron chi connectivity index (χ3n) is 5.85. The quantitative estimate of drug-likeness (QED) is 0.764. The molecule has 1 fully saturated rings. The lowest BCUT2D eigenvalue weighted by atomic mass is 9.72. The van der Waals surface area contributed by atoms with Gasteiger partial charge in [0, 0.05) is 54.4 Å². The minimum absolute atomic E-state index is 0.636. The number of rotatable bonds is 2. The number of fused-ring (bicyclic) bond motifs is 2. The Labute approximate surface area is 135 Å². The van der Waals surface area contributed by atoms with Crippen LogP contribution in [0.3, 0.4) is 0 Å². The van der Waals surface area contributed by atoms with E-state index in [0.717, 1.165) is 18.8 Å². The predicted molar refractivity (Wildman–Crippen MR) is 91.6 cm³/mol. The number of imidazole rings is 1. The zero-order valence-corrected chi connectivity index (χ0v) is 13.4. The van der Waals surface area contributed by atoms with Gasteiger partial charge in [0.2, 0.25) is 0 Å². The monoisotopic (exact) mass is 306 g/mol. The SMILES string of the molecule is CN1C[C@H](Cc2ncc[nH]2)C[C@@H]2c3cccc4[nH]cc(c34)C[C@H]21. The number of likely N-dealkylation sites (tertiary alicyclic amines) is 1. The maximum Gasteiger partial charge on any atom is 0.106 e. The van der Waals surface area contributed by atoms with Crippen LogP contribution in [-0.2, 0) is 12.8 Å². The number of H-pyrrole nitrogens is 2. The Bertz CT molecular complexity index is 832. The molecule has 0 unspecified atom stereocenters. The van der Waals surface area contributed by atoms with Crippen LogP contribution in [0.4, 0.5) is 0 Å². The van der Waals surface area contributed by atoms with E-state index in [2.05, 4.69) is 51.3 Å². The second-order valence-electron chi connectivity index (χ2n) is 7.24. The highest BCUT2D eigenvalue weighted by atomic mass is 15.1. The topological polar surface area (TPSA) is 47.7 Å². The fourth-order valence-corrected chi connectivity index (χ4v) is 4.88. The van der Waals surface area contributed by atoms with E-state index in [-0.39, 0.29) is 0 Å². The van der Waals surface area contributed by atoms with Crippen molar-refractivity contribution >= 4 is 10.9 Å². The van der Waals surface area contributed by atoms with E-state index in [1.165, 1.54) is 29.3 Å². The summed E-state index contributed by atoms with van der Waals surface area (Å²) in [6.07, 6.45) is 9.49. The molecule has 0 spiro atoms. The second kappa shape index (κ2) is 4.96. The molecule has 1 aliphatic carbocycles. The number of nitrogens with one attached hydrogen (secondary N) is 2. The van der Waals surface area contributed by atoms with Crippen LogP contribution in [0, 0.1) is 5.92 Å². The Balaban J connectivity index is 1.52. The maximum absolute atomic E-state index is 4.43. The Hall–Kier alpha value is -2.07. The Morgan fingerprint density at radius 1 is 1.30 bits per heavy atom. The summed E-state index contributed by atoms with van der Waals surface area (Å²) >= 11 is 0. The molecule has 0 bridgehead atoms. The molecule has 23 heavy (non-hydrogen) atoms. The fourth-order valence-electron chi connectivity index (χ4n) is 4.88. The lowest BCUT2D eigenvalue weighted by molar-refractivity contribution is 0.111. The third-order valence-corrected chi connectivity index (χ3v) is 5.85. The number of likely N-dealkylation sites (N-methyl/N-ethyl adjacent to an activating group) is 1. The van der Waals surface area contributed by atoms with Gasteiger partial charge in [-0.15, -0.1) is 0 Å². The number of piperidine rings is 1. The van der Waals surface area contributed by atoms with Crippen LogP contribution in [0.5, 0.6) is 0 Å². The number of hydrogen-bond acceptors (Lipinski definition) is 2. The first-order valence-electron chi connectivity index (χ1n) is 8.57. The summed E-state index contributed by atoms with van der Waals surface area (Å²) in [6.45, 7) is 1.16. The van der Waals surface area contributed by atoms with Crippen LogP contribution in [0.2, 0.25) is 0 Å². The van der Waals surface area contributed by atoms with Crippen molar-refractivity contribution in [3.8, 4) is 0 Å². The summed E-state index contributed by atoms with van der Waals surface area (Å²) in [5, 5.41) is 1.49. The largest absolute Gasteiger partial charge is 0.361 e. The normalized spacial score (nSPS) is 27.3. The van der Waals surface area contributed by atoms with Crippen LogP contribution in [0.15, 0.2) is 36.8 Å². The van der Waals surface area contributed by atoms with Crippen molar-refractivity contribution in [3.63, 3.8) is 0 Å². The van der Waals surface area contributed by atoms with E-state index in [0.29, 0.717) is 17.9 Å². The van der Waals surface area contributed by atoms with Crippen LogP contribution >= 0.6 is 0 Å². The van der Waals surface area contributed by atoms with Crippen molar-refractivity contribution in [1.29, 1.82) is 0 Å². The minimum Gasteiger partial charge on any atom is -0.361 e. The fraction of sp³-hybridized carbons (Fsp3) is 0.421. The molecule has 5 rings (SSSR count). The van der Waals surface area contributed by atoms with Crippen molar-refractivity contribution < 1.29 is 0 Å². The van der Waals surface area contributed by atoms with Gasteiger partial charge in [-0.3, -0.25) is 0 Å². The molecule has 4 heteroatoms. The summed E-state index contributed by atoms with van der Waals surface area (Å²) in [5.41, 5.74) is 4.34. The van der Waals surface area contributed by atoms with Crippen molar-refractivity contribution in [3.05, 3.63) is 53.7 Å².